The highest BCUT2D eigenvalue weighted by atomic mass is 19.4. The molecule has 0 spiro atoms. The van der Waals surface area contributed by atoms with Crippen molar-refractivity contribution < 1.29 is 17.9 Å². The first kappa shape index (κ1) is 16.3. The Balaban J connectivity index is 2.13. The monoisotopic (exact) mass is 301 g/mol. The van der Waals surface area contributed by atoms with E-state index in [0.29, 0.717) is 18.5 Å². The molecule has 0 radical (unpaired) electrons. The Hall–Kier alpha value is -1.07. The van der Waals surface area contributed by atoms with Crippen LogP contribution in [0.4, 0.5) is 13.2 Å². The molecule has 1 aliphatic heterocycles. The van der Waals surface area contributed by atoms with E-state index in [1.165, 1.54) is 6.07 Å². The Bertz CT molecular complexity index is 441. The van der Waals surface area contributed by atoms with Crippen LogP contribution in [-0.4, -0.2) is 19.3 Å². The molecule has 0 amide bonds. The van der Waals surface area contributed by atoms with Crippen molar-refractivity contribution in [2.45, 2.75) is 50.9 Å². The average Bonchev–Trinajstić information content (AvgIpc) is 2.96. The van der Waals surface area contributed by atoms with Crippen LogP contribution in [0.15, 0.2) is 24.3 Å². The van der Waals surface area contributed by atoms with Crippen molar-refractivity contribution in [3.05, 3.63) is 35.4 Å². The van der Waals surface area contributed by atoms with Gasteiger partial charge in [0.2, 0.25) is 0 Å². The number of hydrogen-bond acceptors (Lipinski definition) is 2. The lowest BCUT2D eigenvalue weighted by Gasteiger charge is -2.23. The van der Waals surface area contributed by atoms with Crippen LogP contribution in [0.2, 0.25) is 0 Å². The van der Waals surface area contributed by atoms with E-state index in [-0.39, 0.29) is 12.1 Å². The SMILES string of the molecule is CCNC(CCC1CCCO1)c1ccccc1C(F)(F)F. The minimum atomic E-state index is -4.31. The molecule has 0 saturated carbocycles. The second kappa shape index (κ2) is 7.27. The molecule has 1 fully saturated rings. The van der Waals surface area contributed by atoms with Crippen LogP contribution in [0.3, 0.4) is 0 Å². The Morgan fingerprint density at radius 3 is 2.71 bits per heavy atom. The fourth-order valence-electron chi connectivity index (χ4n) is 2.90. The molecule has 1 aliphatic rings. The van der Waals surface area contributed by atoms with E-state index in [1.807, 2.05) is 6.92 Å². The zero-order valence-electron chi connectivity index (χ0n) is 12.2. The number of alkyl halides is 3. The van der Waals surface area contributed by atoms with Gasteiger partial charge in [-0.25, -0.2) is 0 Å². The molecule has 1 heterocycles. The van der Waals surface area contributed by atoms with Gasteiger partial charge in [-0.2, -0.15) is 13.2 Å². The second-order valence-electron chi connectivity index (χ2n) is 5.41. The van der Waals surface area contributed by atoms with E-state index in [2.05, 4.69) is 5.32 Å². The number of rotatable bonds is 6. The predicted molar refractivity (Wildman–Crippen MR) is 76.1 cm³/mol. The molecule has 0 aliphatic carbocycles. The highest BCUT2D eigenvalue weighted by Crippen LogP contribution is 2.36. The number of benzene rings is 1. The fourth-order valence-corrected chi connectivity index (χ4v) is 2.90. The minimum absolute atomic E-state index is 0.198. The predicted octanol–water partition coefficient (Wildman–Crippen LogP) is 4.32. The zero-order valence-corrected chi connectivity index (χ0v) is 12.2. The third-order valence-electron chi connectivity index (χ3n) is 3.89. The molecule has 2 rings (SSSR count). The Kier molecular flexibility index (Phi) is 5.65. The van der Waals surface area contributed by atoms with Crippen molar-refractivity contribution in [3.63, 3.8) is 0 Å². The van der Waals surface area contributed by atoms with Crippen LogP contribution in [0, 0.1) is 0 Å². The molecular formula is C16H22F3NO. The van der Waals surface area contributed by atoms with Crippen molar-refractivity contribution in [1.29, 1.82) is 0 Å². The summed E-state index contributed by atoms with van der Waals surface area (Å²) in [7, 11) is 0. The maximum absolute atomic E-state index is 13.1. The van der Waals surface area contributed by atoms with Gasteiger partial charge in [-0.15, -0.1) is 0 Å². The fraction of sp³-hybridized carbons (Fsp3) is 0.625. The largest absolute Gasteiger partial charge is 0.416 e. The van der Waals surface area contributed by atoms with E-state index >= 15 is 0 Å². The van der Waals surface area contributed by atoms with Crippen LogP contribution in [0.1, 0.15) is 49.8 Å². The number of hydrogen-bond donors (Lipinski definition) is 1. The van der Waals surface area contributed by atoms with Crippen molar-refractivity contribution in [2.24, 2.45) is 0 Å². The van der Waals surface area contributed by atoms with Crippen molar-refractivity contribution in [3.8, 4) is 0 Å². The number of halogens is 3. The normalized spacial score (nSPS) is 20.7. The number of nitrogens with one attached hydrogen (secondary N) is 1. The van der Waals surface area contributed by atoms with E-state index in [1.54, 1.807) is 12.1 Å². The molecule has 2 atom stereocenters. The van der Waals surface area contributed by atoms with Crippen LogP contribution in [0.5, 0.6) is 0 Å². The number of ether oxygens (including phenoxy) is 1. The zero-order chi connectivity index (χ0) is 15.3. The standard InChI is InChI=1S/C16H22F3NO/c1-2-20-15(10-9-12-6-5-11-21-12)13-7-3-4-8-14(13)16(17,18)19/h3-4,7-8,12,15,20H,2,5-6,9-11H2,1H3. The molecule has 21 heavy (non-hydrogen) atoms. The first-order valence-electron chi connectivity index (χ1n) is 7.53. The lowest BCUT2D eigenvalue weighted by molar-refractivity contribution is -0.138. The Labute approximate surface area is 123 Å². The first-order chi connectivity index (χ1) is 10.0. The van der Waals surface area contributed by atoms with E-state index in [0.717, 1.165) is 31.9 Å². The van der Waals surface area contributed by atoms with Gasteiger partial charge < -0.3 is 10.1 Å². The van der Waals surface area contributed by atoms with Crippen LogP contribution in [-0.2, 0) is 10.9 Å². The van der Waals surface area contributed by atoms with Crippen molar-refractivity contribution in [2.75, 3.05) is 13.2 Å². The van der Waals surface area contributed by atoms with Gasteiger partial charge in [-0.3, -0.25) is 0 Å². The molecule has 1 N–H and O–H groups in total. The van der Waals surface area contributed by atoms with E-state index in [4.69, 9.17) is 4.74 Å². The summed E-state index contributed by atoms with van der Waals surface area (Å²) in [6, 6.07) is 5.56. The summed E-state index contributed by atoms with van der Waals surface area (Å²) >= 11 is 0. The van der Waals surface area contributed by atoms with Crippen molar-refractivity contribution in [1.82, 2.24) is 5.32 Å². The van der Waals surface area contributed by atoms with Gasteiger partial charge in [-0.1, -0.05) is 25.1 Å². The van der Waals surface area contributed by atoms with Gasteiger partial charge in [0.25, 0.3) is 0 Å². The summed E-state index contributed by atoms with van der Waals surface area (Å²) in [5, 5.41) is 3.18. The topological polar surface area (TPSA) is 21.3 Å². The van der Waals surface area contributed by atoms with E-state index in [9.17, 15) is 13.2 Å². The minimum Gasteiger partial charge on any atom is -0.378 e. The summed E-state index contributed by atoms with van der Waals surface area (Å²) in [6.45, 7) is 3.33. The third kappa shape index (κ3) is 4.45. The van der Waals surface area contributed by atoms with Crippen LogP contribution in [0.25, 0.3) is 0 Å². The average molecular weight is 301 g/mol. The van der Waals surface area contributed by atoms with Gasteiger partial charge in [0.1, 0.15) is 0 Å². The second-order valence-corrected chi connectivity index (χ2v) is 5.41. The molecule has 2 nitrogen and oxygen atoms in total. The summed E-state index contributed by atoms with van der Waals surface area (Å²) in [4.78, 5) is 0. The van der Waals surface area contributed by atoms with Gasteiger partial charge in [0.15, 0.2) is 0 Å². The maximum atomic E-state index is 13.1. The molecule has 1 saturated heterocycles. The van der Waals surface area contributed by atoms with Crippen LogP contribution < -0.4 is 5.32 Å². The third-order valence-corrected chi connectivity index (χ3v) is 3.89. The first-order valence-corrected chi connectivity index (χ1v) is 7.53. The quantitative estimate of drug-likeness (QED) is 0.845. The lowest BCUT2D eigenvalue weighted by atomic mass is 9.94. The summed E-state index contributed by atoms with van der Waals surface area (Å²) < 4.78 is 45.0. The highest BCUT2D eigenvalue weighted by Gasteiger charge is 2.34. The molecular weight excluding hydrogens is 279 g/mol. The summed E-state index contributed by atoms with van der Waals surface area (Å²) in [5.41, 5.74) is -0.201. The van der Waals surface area contributed by atoms with Crippen LogP contribution >= 0.6 is 0 Å². The maximum Gasteiger partial charge on any atom is 0.416 e. The van der Waals surface area contributed by atoms with Gasteiger partial charge in [0, 0.05) is 12.6 Å². The molecule has 1 aromatic carbocycles. The molecule has 0 bridgehead atoms. The smallest absolute Gasteiger partial charge is 0.378 e. The Morgan fingerprint density at radius 1 is 1.33 bits per heavy atom. The lowest BCUT2D eigenvalue weighted by Crippen LogP contribution is -2.25. The highest BCUT2D eigenvalue weighted by molar-refractivity contribution is 5.32. The molecule has 1 aromatic rings. The van der Waals surface area contributed by atoms with E-state index < -0.39 is 11.7 Å². The molecule has 2 unspecified atom stereocenters. The van der Waals surface area contributed by atoms with Crippen molar-refractivity contribution >= 4 is 0 Å². The van der Waals surface area contributed by atoms with Gasteiger partial charge in [0.05, 0.1) is 11.7 Å². The molecule has 118 valence electrons. The Morgan fingerprint density at radius 2 is 2.10 bits per heavy atom. The van der Waals surface area contributed by atoms with Gasteiger partial charge in [-0.05, 0) is 43.9 Å². The van der Waals surface area contributed by atoms with Gasteiger partial charge >= 0.3 is 6.18 Å². The summed E-state index contributed by atoms with van der Waals surface area (Å²) in [6.07, 6.45) is -0.594. The molecule has 5 heteroatoms. The summed E-state index contributed by atoms with van der Waals surface area (Å²) in [5.74, 6) is 0. The molecule has 0 aromatic heterocycles.